The van der Waals surface area contributed by atoms with Crippen LogP contribution >= 0.6 is 0 Å². The number of rotatable bonds is 6. The summed E-state index contributed by atoms with van der Waals surface area (Å²) in [6, 6.07) is 20.0. The zero-order valence-corrected chi connectivity index (χ0v) is 22.5. The Morgan fingerprint density at radius 3 is 2.08 bits per heavy atom. The monoisotopic (exact) mass is 537 g/mol. The first-order chi connectivity index (χ1) is 17.3. The molecule has 192 valence electrons. The van der Waals surface area contributed by atoms with Gasteiger partial charge in [0.05, 0.1) is 26.8 Å². The van der Waals surface area contributed by atoms with Crippen LogP contribution < -0.4 is 14.3 Å². The Morgan fingerprint density at radius 2 is 1.54 bits per heavy atom. The van der Waals surface area contributed by atoms with Crippen LogP contribution in [0.25, 0.3) is 6.08 Å². The summed E-state index contributed by atoms with van der Waals surface area (Å²) in [4.78, 5) is 13.5. The van der Waals surface area contributed by atoms with E-state index in [1.807, 2.05) is 12.1 Å². The van der Waals surface area contributed by atoms with Crippen molar-refractivity contribution in [3.8, 4) is 5.75 Å². The third kappa shape index (κ3) is 6.04. The van der Waals surface area contributed by atoms with Gasteiger partial charge in [-0.15, -0.1) is 0 Å². The number of carbonyl (C=O) groups excluding carboxylic acids is 1. The molecular weight excluding hydrogens is 510 g/mol. The summed E-state index contributed by atoms with van der Waals surface area (Å²) in [7, 11) is -3.83. The van der Waals surface area contributed by atoms with Crippen molar-refractivity contribution in [1.82, 2.24) is 0 Å². The van der Waals surface area contributed by atoms with Gasteiger partial charge in [0.15, 0.2) is 0 Å². The topological polar surface area (TPSA) is 119 Å². The SMILES string of the molecule is CC1=NN(c2ccc(S(N)(=O)=O)cc2)C(=O)/C1=C\c1ccc(OS(=O)c2ccc(C(C)(C)C)cc2)cc1. The molecule has 0 saturated carbocycles. The Morgan fingerprint density at radius 1 is 0.946 bits per heavy atom. The van der Waals surface area contributed by atoms with Crippen molar-refractivity contribution in [2.45, 2.75) is 42.9 Å². The highest BCUT2D eigenvalue weighted by Crippen LogP contribution is 2.27. The van der Waals surface area contributed by atoms with Gasteiger partial charge < -0.3 is 4.18 Å². The summed E-state index contributed by atoms with van der Waals surface area (Å²) in [6.45, 7) is 8.06. The molecule has 0 aliphatic carbocycles. The van der Waals surface area contributed by atoms with E-state index in [1.165, 1.54) is 29.3 Å². The molecule has 1 heterocycles. The molecule has 37 heavy (non-hydrogen) atoms. The van der Waals surface area contributed by atoms with Gasteiger partial charge in [-0.05, 0) is 78.1 Å². The quantitative estimate of drug-likeness (QED) is 0.463. The maximum Gasteiger partial charge on any atom is 0.280 e. The molecule has 1 aliphatic heterocycles. The highest BCUT2D eigenvalue weighted by atomic mass is 32.2. The Labute approximate surface area is 219 Å². The number of hydrogen-bond acceptors (Lipinski definition) is 6. The Kier molecular flexibility index (Phi) is 7.18. The van der Waals surface area contributed by atoms with Gasteiger partial charge in [0.1, 0.15) is 5.75 Å². The van der Waals surface area contributed by atoms with Crippen molar-refractivity contribution in [1.29, 1.82) is 0 Å². The van der Waals surface area contributed by atoms with Gasteiger partial charge in [0.2, 0.25) is 21.1 Å². The molecule has 10 heteroatoms. The van der Waals surface area contributed by atoms with Crippen LogP contribution in [0.1, 0.15) is 38.8 Å². The lowest BCUT2D eigenvalue weighted by Crippen LogP contribution is -2.21. The van der Waals surface area contributed by atoms with Gasteiger partial charge in [-0.1, -0.05) is 45.0 Å². The number of anilines is 1. The van der Waals surface area contributed by atoms with Crippen LogP contribution in [0.5, 0.6) is 5.75 Å². The van der Waals surface area contributed by atoms with E-state index in [-0.39, 0.29) is 16.2 Å². The number of hydrogen-bond donors (Lipinski definition) is 1. The van der Waals surface area contributed by atoms with E-state index in [0.29, 0.717) is 27.6 Å². The van der Waals surface area contributed by atoms with Crippen molar-refractivity contribution in [3.63, 3.8) is 0 Å². The maximum absolute atomic E-state index is 13.0. The molecule has 0 saturated heterocycles. The second-order valence-electron chi connectivity index (χ2n) is 9.56. The van der Waals surface area contributed by atoms with Crippen molar-refractivity contribution < 1.29 is 21.6 Å². The smallest absolute Gasteiger partial charge is 0.280 e. The van der Waals surface area contributed by atoms with E-state index in [4.69, 9.17) is 9.32 Å². The number of carbonyl (C=O) groups is 1. The molecule has 0 aromatic heterocycles. The summed E-state index contributed by atoms with van der Waals surface area (Å²) in [5.41, 5.74) is 3.21. The molecule has 0 fully saturated rings. The van der Waals surface area contributed by atoms with E-state index in [1.54, 1.807) is 49.4 Å². The van der Waals surface area contributed by atoms with Crippen LogP contribution in [0.15, 0.2) is 93.3 Å². The van der Waals surface area contributed by atoms with Crippen molar-refractivity contribution >= 4 is 44.5 Å². The van der Waals surface area contributed by atoms with Gasteiger partial charge in [-0.3, -0.25) is 4.79 Å². The first-order valence-corrected chi connectivity index (χ1v) is 14.0. The van der Waals surface area contributed by atoms with E-state index < -0.39 is 21.1 Å². The van der Waals surface area contributed by atoms with E-state index in [2.05, 4.69) is 25.9 Å². The number of nitrogens with zero attached hydrogens (tertiary/aromatic N) is 2. The second-order valence-corrected chi connectivity index (χ2v) is 12.2. The minimum Gasteiger partial charge on any atom is -0.397 e. The fourth-order valence-corrected chi connectivity index (χ4v) is 4.88. The van der Waals surface area contributed by atoms with Gasteiger partial charge in [-0.25, -0.2) is 17.8 Å². The van der Waals surface area contributed by atoms with Crippen molar-refractivity contribution in [2.75, 3.05) is 5.01 Å². The molecule has 1 unspecified atom stereocenters. The first kappa shape index (κ1) is 26.5. The zero-order chi connectivity index (χ0) is 27.0. The predicted octanol–water partition coefficient (Wildman–Crippen LogP) is 4.54. The molecule has 0 radical (unpaired) electrons. The zero-order valence-electron chi connectivity index (χ0n) is 20.8. The molecule has 1 atom stereocenters. The third-order valence-electron chi connectivity index (χ3n) is 5.75. The van der Waals surface area contributed by atoms with Crippen LogP contribution in [0, 0.1) is 0 Å². The lowest BCUT2D eigenvalue weighted by Gasteiger charge is -2.18. The lowest BCUT2D eigenvalue weighted by molar-refractivity contribution is -0.114. The number of hydrazone groups is 1. The lowest BCUT2D eigenvalue weighted by atomic mass is 9.87. The normalized spacial score (nSPS) is 16.1. The Balaban J connectivity index is 1.46. The number of primary sulfonamides is 1. The highest BCUT2D eigenvalue weighted by Gasteiger charge is 2.29. The predicted molar refractivity (Wildman–Crippen MR) is 145 cm³/mol. The molecule has 4 rings (SSSR count). The number of amides is 1. The fraction of sp³-hybridized carbons (Fsp3) is 0.185. The summed E-state index contributed by atoms with van der Waals surface area (Å²) >= 11 is -1.67. The minimum atomic E-state index is -3.83. The van der Waals surface area contributed by atoms with E-state index >= 15 is 0 Å². The average Bonchev–Trinajstić information content (AvgIpc) is 3.12. The summed E-state index contributed by atoms with van der Waals surface area (Å²) in [6.07, 6.45) is 1.70. The summed E-state index contributed by atoms with van der Waals surface area (Å²) < 4.78 is 41.2. The summed E-state index contributed by atoms with van der Waals surface area (Å²) in [5, 5.41) is 10.6. The molecule has 3 aromatic rings. The molecule has 1 amide bonds. The van der Waals surface area contributed by atoms with Gasteiger partial charge in [0, 0.05) is 0 Å². The fourth-order valence-electron chi connectivity index (χ4n) is 3.62. The number of nitrogens with two attached hydrogens (primary N) is 1. The molecule has 0 bridgehead atoms. The molecule has 1 aliphatic rings. The highest BCUT2D eigenvalue weighted by molar-refractivity contribution is 7.89. The second kappa shape index (κ2) is 10.0. The van der Waals surface area contributed by atoms with Crippen molar-refractivity contribution in [2.24, 2.45) is 10.2 Å². The molecule has 2 N–H and O–H groups in total. The van der Waals surface area contributed by atoms with Crippen LogP contribution in [-0.4, -0.2) is 24.2 Å². The van der Waals surface area contributed by atoms with Gasteiger partial charge in [0.25, 0.3) is 5.91 Å². The molecular formula is C27H27N3O5S2. The third-order valence-corrected chi connectivity index (χ3v) is 7.68. The molecule has 8 nitrogen and oxygen atoms in total. The van der Waals surface area contributed by atoms with Crippen molar-refractivity contribution in [3.05, 3.63) is 89.5 Å². The van der Waals surface area contributed by atoms with Gasteiger partial charge >= 0.3 is 0 Å². The average molecular weight is 538 g/mol. The van der Waals surface area contributed by atoms with E-state index in [0.717, 1.165) is 11.1 Å². The largest absolute Gasteiger partial charge is 0.397 e. The first-order valence-electron chi connectivity index (χ1n) is 11.4. The molecule has 3 aromatic carbocycles. The molecule has 0 spiro atoms. The minimum absolute atomic E-state index is 0.00428. The van der Waals surface area contributed by atoms with Gasteiger partial charge in [-0.2, -0.15) is 10.1 Å². The van der Waals surface area contributed by atoms with E-state index in [9.17, 15) is 17.4 Å². The van der Waals surface area contributed by atoms with Crippen LogP contribution in [0.2, 0.25) is 0 Å². The number of sulfonamides is 1. The standard InChI is InChI=1S/C27H27N3O5S2/c1-18-25(26(31)30(29-18)21-9-15-24(16-10-21)37(28,33)34)17-19-5-11-22(12-6-19)35-36(32)23-13-7-20(8-14-23)27(2,3)4/h5-17H,1-4H3,(H2,28,33,34)/b25-17-. The van der Waals surface area contributed by atoms with Crippen LogP contribution in [0.4, 0.5) is 5.69 Å². The number of benzene rings is 3. The maximum atomic E-state index is 13.0. The Hall–Kier alpha value is -3.60. The summed E-state index contributed by atoms with van der Waals surface area (Å²) in [5.74, 6) is 0.0843. The Bertz CT molecular complexity index is 1520. The van der Waals surface area contributed by atoms with Crippen LogP contribution in [-0.2, 0) is 31.3 Å². The van der Waals surface area contributed by atoms with Crippen LogP contribution in [0.3, 0.4) is 0 Å².